The molecule has 1 aromatic heterocycles. The average Bonchev–Trinajstić information content (AvgIpc) is 2.82. The van der Waals surface area contributed by atoms with Crippen molar-refractivity contribution in [2.75, 3.05) is 36.1 Å². The number of nitrogens with zero attached hydrogens (tertiary/aromatic N) is 3. The lowest BCUT2D eigenvalue weighted by molar-refractivity contribution is 0.255. The number of rotatable bonds is 5. The van der Waals surface area contributed by atoms with Crippen molar-refractivity contribution in [1.29, 1.82) is 0 Å². The lowest BCUT2D eigenvalue weighted by Crippen LogP contribution is -2.48. The van der Waals surface area contributed by atoms with Crippen molar-refractivity contribution in [3.8, 4) is 0 Å². The van der Waals surface area contributed by atoms with Crippen molar-refractivity contribution >= 4 is 27.4 Å². The Morgan fingerprint density at radius 3 is 2.95 bits per heavy atom. The average molecular weight is 304 g/mol. The van der Waals surface area contributed by atoms with Crippen LogP contribution in [0.4, 0.5) is 5.82 Å². The third-order valence-electron chi connectivity index (χ3n) is 3.29. The molecule has 0 amide bonds. The van der Waals surface area contributed by atoms with Gasteiger partial charge in [-0.05, 0) is 6.07 Å². The molecule has 0 aromatic carbocycles. The monoisotopic (exact) mass is 304 g/mol. The van der Waals surface area contributed by atoms with Gasteiger partial charge in [0.15, 0.2) is 9.84 Å². The van der Waals surface area contributed by atoms with E-state index in [4.69, 9.17) is 5.73 Å². The summed E-state index contributed by atoms with van der Waals surface area (Å²) in [6, 6.07) is 1.74. The molecule has 0 aliphatic carbocycles. The van der Waals surface area contributed by atoms with E-state index in [2.05, 4.69) is 5.10 Å². The predicted octanol–water partition coefficient (Wildman–Crippen LogP) is 0.275. The normalized spacial score (nSPS) is 21.6. The Hall–Kier alpha value is -0.730. The molecule has 19 heavy (non-hydrogen) atoms. The molecule has 108 valence electrons. The molecule has 2 heterocycles. The van der Waals surface area contributed by atoms with E-state index in [0.717, 1.165) is 12.3 Å². The molecule has 0 radical (unpaired) electrons. The van der Waals surface area contributed by atoms with Crippen LogP contribution in [0.2, 0.25) is 0 Å². The van der Waals surface area contributed by atoms with Crippen molar-refractivity contribution in [2.45, 2.75) is 18.8 Å². The summed E-state index contributed by atoms with van der Waals surface area (Å²) in [7, 11) is -3.02. The van der Waals surface area contributed by atoms with Crippen molar-refractivity contribution in [2.24, 2.45) is 0 Å². The van der Waals surface area contributed by atoms with Gasteiger partial charge in [-0.3, -0.25) is 9.58 Å². The number of nitrogens with two attached hydrogens (primary N) is 1. The van der Waals surface area contributed by atoms with E-state index in [1.54, 1.807) is 29.4 Å². The van der Waals surface area contributed by atoms with E-state index >= 15 is 0 Å². The van der Waals surface area contributed by atoms with Crippen LogP contribution in [0.5, 0.6) is 0 Å². The largest absolute Gasteiger partial charge is 0.382 e. The third-order valence-corrected chi connectivity index (χ3v) is 6.62. The highest BCUT2D eigenvalue weighted by molar-refractivity contribution is 8.01. The summed E-state index contributed by atoms with van der Waals surface area (Å²) in [5.74, 6) is 2.34. The molecular weight excluding hydrogens is 284 g/mol. The molecule has 1 unspecified atom stereocenters. The van der Waals surface area contributed by atoms with Crippen molar-refractivity contribution in [3.63, 3.8) is 0 Å². The topological polar surface area (TPSA) is 81.2 Å². The summed E-state index contributed by atoms with van der Waals surface area (Å²) in [5.41, 5.74) is 5.56. The quantitative estimate of drug-likeness (QED) is 0.841. The third kappa shape index (κ3) is 3.64. The summed E-state index contributed by atoms with van der Waals surface area (Å²) in [4.78, 5) is 2.05. The zero-order chi connectivity index (χ0) is 13.9. The molecular formula is C11H20N4O2S2. The molecule has 8 heteroatoms. The van der Waals surface area contributed by atoms with Crippen molar-refractivity contribution < 1.29 is 8.42 Å². The smallest absolute Gasteiger partial charge is 0.166 e. The van der Waals surface area contributed by atoms with Gasteiger partial charge in [0.05, 0.1) is 6.54 Å². The van der Waals surface area contributed by atoms with Gasteiger partial charge >= 0.3 is 0 Å². The molecule has 1 atom stereocenters. The number of hydrogen-bond donors (Lipinski definition) is 1. The van der Waals surface area contributed by atoms with Crippen LogP contribution in [-0.2, 0) is 16.4 Å². The fraction of sp³-hybridized carbons (Fsp3) is 0.727. The van der Waals surface area contributed by atoms with Gasteiger partial charge in [-0.2, -0.15) is 16.9 Å². The Labute approximate surface area is 118 Å². The molecule has 1 aliphatic rings. The van der Waals surface area contributed by atoms with Gasteiger partial charge in [-0.1, -0.05) is 6.92 Å². The Morgan fingerprint density at radius 2 is 2.32 bits per heavy atom. The van der Waals surface area contributed by atoms with Crippen LogP contribution < -0.4 is 5.73 Å². The number of sulfone groups is 1. The van der Waals surface area contributed by atoms with Crippen LogP contribution in [0.25, 0.3) is 0 Å². The molecule has 1 aromatic rings. The van der Waals surface area contributed by atoms with Gasteiger partial charge in [-0.15, -0.1) is 0 Å². The SMILES string of the molecule is CCS(=O)(=O)C1CSCCN1CCn1ccc(N)n1. The van der Waals surface area contributed by atoms with Crippen LogP contribution in [0, 0.1) is 0 Å². The fourth-order valence-corrected chi connectivity index (χ4v) is 5.24. The standard InChI is InChI=1S/C11H20N4O2S2/c1-2-19(16,17)11-9-18-8-7-14(11)5-6-15-4-3-10(12)13-15/h3-4,11H,2,5-9H2,1H3,(H2,12,13). The first-order chi connectivity index (χ1) is 9.03. The van der Waals surface area contributed by atoms with Gasteiger partial charge in [0, 0.05) is 36.5 Å². The number of hydrogen-bond acceptors (Lipinski definition) is 6. The second-order valence-corrected chi connectivity index (χ2v) is 8.12. The zero-order valence-corrected chi connectivity index (χ0v) is 12.7. The Kier molecular flexibility index (Phi) is 4.75. The van der Waals surface area contributed by atoms with Crippen LogP contribution in [0.3, 0.4) is 0 Å². The number of anilines is 1. The molecule has 2 N–H and O–H groups in total. The van der Waals surface area contributed by atoms with Crippen LogP contribution in [0.15, 0.2) is 12.3 Å². The minimum absolute atomic E-state index is 0.198. The zero-order valence-electron chi connectivity index (χ0n) is 11.0. The molecule has 0 saturated carbocycles. The maximum Gasteiger partial charge on any atom is 0.166 e. The van der Waals surface area contributed by atoms with E-state index in [1.807, 2.05) is 11.1 Å². The lowest BCUT2D eigenvalue weighted by Gasteiger charge is -2.34. The summed E-state index contributed by atoms with van der Waals surface area (Å²) in [6.07, 6.45) is 1.82. The van der Waals surface area contributed by atoms with Gasteiger partial charge in [0.25, 0.3) is 0 Å². The van der Waals surface area contributed by atoms with E-state index in [0.29, 0.717) is 24.7 Å². The van der Waals surface area contributed by atoms with Crippen LogP contribution >= 0.6 is 11.8 Å². The van der Waals surface area contributed by atoms with Gasteiger partial charge in [0.2, 0.25) is 0 Å². The molecule has 0 bridgehead atoms. The van der Waals surface area contributed by atoms with Gasteiger partial charge in [-0.25, -0.2) is 8.42 Å². The molecule has 2 rings (SSSR count). The Bertz CT molecular complexity index is 515. The minimum Gasteiger partial charge on any atom is -0.382 e. The first-order valence-corrected chi connectivity index (χ1v) is 9.22. The highest BCUT2D eigenvalue weighted by Gasteiger charge is 2.32. The summed E-state index contributed by atoms with van der Waals surface area (Å²) in [5, 5.41) is 3.76. The fourth-order valence-electron chi connectivity index (χ4n) is 2.13. The number of nitrogen functional groups attached to an aromatic ring is 1. The van der Waals surface area contributed by atoms with Crippen molar-refractivity contribution in [3.05, 3.63) is 12.3 Å². The van der Waals surface area contributed by atoms with Gasteiger partial charge in [0.1, 0.15) is 11.2 Å². The Balaban J connectivity index is 2.00. The van der Waals surface area contributed by atoms with Crippen molar-refractivity contribution in [1.82, 2.24) is 14.7 Å². The first-order valence-electron chi connectivity index (χ1n) is 6.35. The summed E-state index contributed by atoms with van der Waals surface area (Å²) in [6.45, 7) is 3.87. The second kappa shape index (κ2) is 6.15. The highest BCUT2D eigenvalue weighted by Crippen LogP contribution is 2.21. The maximum atomic E-state index is 12.1. The number of thioether (sulfide) groups is 1. The summed E-state index contributed by atoms with van der Waals surface area (Å²) >= 11 is 1.71. The van der Waals surface area contributed by atoms with Crippen LogP contribution in [0.1, 0.15) is 6.92 Å². The van der Waals surface area contributed by atoms with E-state index in [9.17, 15) is 8.42 Å². The minimum atomic E-state index is -3.02. The molecule has 1 aliphatic heterocycles. The van der Waals surface area contributed by atoms with E-state index < -0.39 is 9.84 Å². The molecule has 1 saturated heterocycles. The predicted molar refractivity (Wildman–Crippen MR) is 78.8 cm³/mol. The number of aromatic nitrogens is 2. The Morgan fingerprint density at radius 1 is 1.53 bits per heavy atom. The lowest BCUT2D eigenvalue weighted by atomic mass is 10.4. The van der Waals surface area contributed by atoms with Gasteiger partial charge < -0.3 is 5.73 Å². The molecule has 0 spiro atoms. The second-order valence-electron chi connectivity index (χ2n) is 4.52. The summed E-state index contributed by atoms with van der Waals surface area (Å²) < 4.78 is 25.9. The maximum absolute atomic E-state index is 12.1. The molecule has 1 fully saturated rings. The van der Waals surface area contributed by atoms with E-state index in [1.165, 1.54) is 0 Å². The van der Waals surface area contributed by atoms with Crippen LogP contribution in [-0.4, -0.2) is 58.8 Å². The molecule has 6 nitrogen and oxygen atoms in total. The van der Waals surface area contributed by atoms with E-state index in [-0.39, 0.29) is 11.1 Å². The first kappa shape index (κ1) is 14.7. The highest BCUT2D eigenvalue weighted by atomic mass is 32.2.